The first-order valence-electron chi connectivity index (χ1n) is 13.2. The van der Waals surface area contributed by atoms with Crippen LogP contribution in [0.5, 0.6) is 0 Å². The van der Waals surface area contributed by atoms with Gasteiger partial charge in [-0.1, -0.05) is 73.7 Å². The summed E-state index contributed by atoms with van der Waals surface area (Å²) in [5, 5.41) is 19.5. The van der Waals surface area contributed by atoms with Crippen molar-refractivity contribution in [3.8, 4) is 11.1 Å². The van der Waals surface area contributed by atoms with Gasteiger partial charge in [-0.3, -0.25) is 0 Å². The lowest BCUT2D eigenvalue weighted by atomic mass is 9.91. The van der Waals surface area contributed by atoms with E-state index in [9.17, 15) is 15.0 Å². The number of nitrogens with zero attached hydrogens (tertiary/aromatic N) is 1. The quantitative estimate of drug-likeness (QED) is 0.216. The molecule has 0 saturated carbocycles. The van der Waals surface area contributed by atoms with Crippen LogP contribution < -0.4 is 5.73 Å². The van der Waals surface area contributed by atoms with Crippen molar-refractivity contribution in [1.29, 1.82) is 0 Å². The lowest BCUT2D eigenvalue weighted by molar-refractivity contribution is -0.268. The van der Waals surface area contributed by atoms with Crippen molar-refractivity contribution in [3.05, 3.63) is 119 Å². The average molecular weight is 557 g/mol. The van der Waals surface area contributed by atoms with Gasteiger partial charge in [0, 0.05) is 30.0 Å². The highest BCUT2D eigenvalue weighted by Crippen LogP contribution is 2.43. The molecule has 8 heteroatoms. The van der Waals surface area contributed by atoms with Gasteiger partial charge in [0.25, 0.3) is 0 Å². The zero-order valence-corrected chi connectivity index (χ0v) is 23.0. The molecule has 0 bridgehead atoms. The molecular formula is C32H32N2O5S. The highest BCUT2D eigenvalue weighted by molar-refractivity contribution is 7.99. The van der Waals surface area contributed by atoms with Crippen molar-refractivity contribution in [3.63, 3.8) is 0 Å². The minimum Gasteiger partial charge on any atom is -0.478 e. The second kappa shape index (κ2) is 12.8. The number of aliphatic hydroxyl groups excluding tert-OH is 1. The van der Waals surface area contributed by atoms with Crippen LogP contribution in [0.15, 0.2) is 96.2 Å². The highest BCUT2D eigenvalue weighted by atomic mass is 32.2. The monoisotopic (exact) mass is 556 g/mol. The van der Waals surface area contributed by atoms with Crippen molar-refractivity contribution < 1.29 is 24.5 Å². The van der Waals surface area contributed by atoms with Crippen molar-refractivity contribution in [2.75, 3.05) is 5.75 Å². The van der Waals surface area contributed by atoms with Gasteiger partial charge in [-0.15, -0.1) is 11.8 Å². The maximum absolute atomic E-state index is 11.7. The molecule has 4 aromatic rings. The lowest BCUT2D eigenvalue weighted by Crippen LogP contribution is -2.38. The second-order valence-electron chi connectivity index (χ2n) is 9.82. The predicted molar refractivity (Wildman–Crippen MR) is 155 cm³/mol. The smallest absolute Gasteiger partial charge is 0.338 e. The van der Waals surface area contributed by atoms with Crippen LogP contribution in [-0.4, -0.2) is 33.0 Å². The molecule has 0 aliphatic carbocycles. The number of hydrogen-bond donors (Lipinski definition) is 3. The average Bonchev–Trinajstić information content (AvgIpc) is 3.01. The van der Waals surface area contributed by atoms with Crippen LogP contribution in [0.25, 0.3) is 11.1 Å². The zero-order valence-electron chi connectivity index (χ0n) is 22.1. The molecule has 0 radical (unpaired) electrons. The van der Waals surface area contributed by atoms with E-state index in [0.29, 0.717) is 17.3 Å². The molecule has 5 rings (SSSR count). The fraction of sp³-hybridized carbons (Fsp3) is 0.250. The van der Waals surface area contributed by atoms with Gasteiger partial charge in [-0.05, 0) is 46.0 Å². The second-order valence-corrected chi connectivity index (χ2v) is 10.8. The molecule has 1 fully saturated rings. The van der Waals surface area contributed by atoms with Gasteiger partial charge in [0.2, 0.25) is 0 Å². The zero-order chi connectivity index (χ0) is 28.1. The topological polar surface area (TPSA) is 115 Å². The number of thioether (sulfide) groups is 1. The van der Waals surface area contributed by atoms with Crippen LogP contribution in [-0.2, 0) is 22.6 Å². The van der Waals surface area contributed by atoms with Gasteiger partial charge in [-0.2, -0.15) is 0 Å². The predicted octanol–water partition coefficient (Wildman–Crippen LogP) is 5.98. The van der Waals surface area contributed by atoms with Crippen LogP contribution in [0.1, 0.15) is 51.9 Å². The van der Waals surface area contributed by atoms with Crippen LogP contribution >= 0.6 is 11.8 Å². The summed E-state index contributed by atoms with van der Waals surface area (Å²) in [4.78, 5) is 16.0. The van der Waals surface area contributed by atoms with Crippen LogP contribution in [0.3, 0.4) is 0 Å². The number of carboxylic acids is 1. The van der Waals surface area contributed by atoms with E-state index in [1.807, 2.05) is 48.5 Å². The number of hydrogen-bond acceptors (Lipinski definition) is 7. The van der Waals surface area contributed by atoms with E-state index in [1.165, 1.54) is 11.8 Å². The molecule has 0 spiro atoms. The Morgan fingerprint density at radius 2 is 1.68 bits per heavy atom. The van der Waals surface area contributed by atoms with Gasteiger partial charge >= 0.3 is 5.97 Å². The van der Waals surface area contributed by atoms with E-state index in [2.05, 4.69) is 36.2 Å². The molecule has 1 aliphatic heterocycles. The van der Waals surface area contributed by atoms with Crippen LogP contribution in [0, 0.1) is 5.92 Å². The third-order valence-electron chi connectivity index (χ3n) is 7.19. The Bertz CT molecular complexity index is 1440. The summed E-state index contributed by atoms with van der Waals surface area (Å²) >= 11 is 1.37. The largest absolute Gasteiger partial charge is 0.478 e. The molecule has 2 heterocycles. The molecule has 40 heavy (non-hydrogen) atoms. The number of aromatic nitrogens is 1. The number of ether oxygens (including phenoxy) is 2. The van der Waals surface area contributed by atoms with E-state index in [4.69, 9.17) is 15.2 Å². The molecule has 0 unspecified atom stereocenters. The third-order valence-corrected chi connectivity index (χ3v) is 8.28. The Labute approximate surface area is 238 Å². The number of pyridine rings is 1. The van der Waals surface area contributed by atoms with Gasteiger partial charge in [0.1, 0.15) is 5.03 Å². The molecule has 206 valence electrons. The summed E-state index contributed by atoms with van der Waals surface area (Å²) in [5.74, 6) is -0.527. The maximum atomic E-state index is 11.7. The van der Waals surface area contributed by atoms with E-state index >= 15 is 0 Å². The van der Waals surface area contributed by atoms with Gasteiger partial charge in [0.05, 0.1) is 24.4 Å². The normalized spacial score (nSPS) is 20.8. The van der Waals surface area contributed by atoms with Crippen LogP contribution in [0.2, 0.25) is 0 Å². The molecule has 1 aromatic heterocycles. The molecule has 3 aromatic carbocycles. The number of carbonyl (C=O) groups is 1. The Morgan fingerprint density at radius 3 is 2.38 bits per heavy atom. The number of aromatic carboxylic acids is 1. The van der Waals surface area contributed by atoms with Crippen molar-refractivity contribution in [1.82, 2.24) is 4.98 Å². The standard InChI is InChI=1S/C32H32N2O5S/c1-20-28(19-40-30-27(31(36)37)6-3-15-34-30)38-32(39-29(20)24-9-7-21(18-35)8-10-24)25-13-11-23(12-14-25)26-5-2-4-22(16-26)17-33/h2-16,20,28-29,32,35H,17-19,33H2,1H3,(H,36,37)/t20-,28+,29+,32+/m0/s1. The van der Waals surface area contributed by atoms with E-state index in [0.717, 1.165) is 33.4 Å². The van der Waals surface area contributed by atoms with Crippen LogP contribution in [0.4, 0.5) is 0 Å². The molecule has 1 aliphatic rings. The molecular weight excluding hydrogens is 524 g/mol. The third kappa shape index (κ3) is 6.27. The highest BCUT2D eigenvalue weighted by Gasteiger charge is 2.38. The lowest BCUT2D eigenvalue weighted by Gasteiger charge is -2.41. The van der Waals surface area contributed by atoms with Crippen molar-refractivity contribution >= 4 is 17.7 Å². The van der Waals surface area contributed by atoms with E-state index < -0.39 is 12.3 Å². The summed E-state index contributed by atoms with van der Waals surface area (Å²) in [7, 11) is 0. The first-order valence-corrected chi connectivity index (χ1v) is 14.2. The number of nitrogens with two attached hydrogens (primary N) is 1. The summed E-state index contributed by atoms with van der Waals surface area (Å²) in [6.07, 6.45) is 0.482. The SMILES string of the molecule is C[C@H]1[C@@H](CSc2ncccc2C(=O)O)O[C@@H](c2ccc(-c3cccc(CN)c3)cc2)O[C@H]1c1ccc(CO)cc1. The van der Waals surface area contributed by atoms with Gasteiger partial charge < -0.3 is 25.4 Å². The van der Waals surface area contributed by atoms with Gasteiger partial charge in [0.15, 0.2) is 6.29 Å². The number of rotatable bonds is 9. The van der Waals surface area contributed by atoms with E-state index in [-0.39, 0.29) is 30.3 Å². The summed E-state index contributed by atoms with van der Waals surface area (Å²) in [6, 6.07) is 27.3. The van der Waals surface area contributed by atoms with Gasteiger partial charge in [-0.25, -0.2) is 9.78 Å². The first-order chi connectivity index (χ1) is 19.5. The molecule has 1 saturated heterocycles. The molecule has 4 N–H and O–H groups in total. The number of aliphatic hydroxyl groups is 1. The Morgan fingerprint density at radius 1 is 0.925 bits per heavy atom. The van der Waals surface area contributed by atoms with Crippen molar-refractivity contribution in [2.24, 2.45) is 11.7 Å². The fourth-order valence-electron chi connectivity index (χ4n) is 4.85. The fourth-order valence-corrected chi connectivity index (χ4v) is 6.00. The summed E-state index contributed by atoms with van der Waals surface area (Å²) < 4.78 is 13.1. The first kappa shape index (κ1) is 28.0. The number of carboxylic acid groups (broad SMARTS) is 1. The number of benzene rings is 3. The molecule has 4 atom stereocenters. The minimum atomic E-state index is -1.01. The van der Waals surface area contributed by atoms with E-state index in [1.54, 1.807) is 18.3 Å². The molecule has 7 nitrogen and oxygen atoms in total. The summed E-state index contributed by atoms with van der Waals surface area (Å²) in [5.41, 5.74) is 12.0. The minimum absolute atomic E-state index is 0.0249. The molecule has 0 amide bonds. The summed E-state index contributed by atoms with van der Waals surface area (Å²) in [6.45, 7) is 2.54. The van der Waals surface area contributed by atoms with Crippen molar-refractivity contribution in [2.45, 2.75) is 43.6 Å². The maximum Gasteiger partial charge on any atom is 0.338 e. The Balaban J connectivity index is 1.41. The Kier molecular flexibility index (Phi) is 8.94. The Hall–Kier alpha value is -3.53.